The first kappa shape index (κ1) is 15.5. The van der Waals surface area contributed by atoms with E-state index in [0.717, 1.165) is 40.9 Å². The van der Waals surface area contributed by atoms with E-state index in [1.165, 1.54) is 0 Å². The summed E-state index contributed by atoms with van der Waals surface area (Å²) in [6.45, 7) is 4.02. The number of hydrogen-bond acceptors (Lipinski definition) is 6. The van der Waals surface area contributed by atoms with Gasteiger partial charge in [0.1, 0.15) is 11.6 Å². The molecule has 3 aromatic rings. The number of methoxy groups -OCH3 is 1. The number of nitrogens with zero attached hydrogens (tertiary/aromatic N) is 5. The van der Waals surface area contributed by atoms with Gasteiger partial charge in [0.25, 0.3) is 0 Å². The number of fused-ring (bicyclic) bond motifs is 5. The van der Waals surface area contributed by atoms with Gasteiger partial charge in [-0.1, -0.05) is 6.07 Å². The van der Waals surface area contributed by atoms with Crippen LogP contribution in [0.15, 0.2) is 42.6 Å². The molecule has 2 aliphatic heterocycles. The van der Waals surface area contributed by atoms with Gasteiger partial charge in [0, 0.05) is 18.3 Å². The summed E-state index contributed by atoms with van der Waals surface area (Å²) >= 11 is 0. The molecular formula is C19H19N5O2. The van der Waals surface area contributed by atoms with Crippen LogP contribution in [0.4, 0.5) is 0 Å². The smallest absolute Gasteiger partial charge is 0.193 e. The topological polar surface area (TPSA) is 65.3 Å². The summed E-state index contributed by atoms with van der Waals surface area (Å²) < 4.78 is 14.0. The lowest BCUT2D eigenvalue weighted by Gasteiger charge is -2.36. The molecule has 1 aromatic carbocycles. The Bertz CT molecular complexity index is 971. The van der Waals surface area contributed by atoms with Crippen molar-refractivity contribution in [3.63, 3.8) is 0 Å². The van der Waals surface area contributed by atoms with Crippen molar-refractivity contribution in [1.82, 2.24) is 24.6 Å². The first-order valence-corrected chi connectivity index (χ1v) is 8.64. The van der Waals surface area contributed by atoms with Crippen LogP contribution in [0, 0.1) is 6.92 Å². The molecule has 132 valence electrons. The molecule has 0 bridgehead atoms. The minimum Gasteiger partial charge on any atom is -0.497 e. The number of pyridine rings is 1. The van der Waals surface area contributed by atoms with E-state index in [0.29, 0.717) is 13.2 Å². The monoisotopic (exact) mass is 349 g/mol. The van der Waals surface area contributed by atoms with Gasteiger partial charge >= 0.3 is 0 Å². The second-order valence-corrected chi connectivity index (χ2v) is 6.51. The minimum atomic E-state index is -0.766. The van der Waals surface area contributed by atoms with Crippen molar-refractivity contribution in [2.24, 2.45) is 0 Å². The Morgan fingerprint density at radius 3 is 2.92 bits per heavy atom. The molecule has 0 saturated carbocycles. The highest BCUT2D eigenvalue weighted by Crippen LogP contribution is 2.46. The Morgan fingerprint density at radius 2 is 2.12 bits per heavy atom. The number of rotatable bonds is 2. The molecule has 1 fully saturated rings. The fourth-order valence-electron chi connectivity index (χ4n) is 4.03. The molecule has 0 radical (unpaired) electrons. The van der Waals surface area contributed by atoms with Crippen LogP contribution in [0.3, 0.4) is 0 Å². The summed E-state index contributed by atoms with van der Waals surface area (Å²) in [5, 5.41) is 8.70. The van der Waals surface area contributed by atoms with Gasteiger partial charge < -0.3 is 9.47 Å². The number of ether oxygens (including phenoxy) is 2. The van der Waals surface area contributed by atoms with Crippen molar-refractivity contribution in [2.45, 2.75) is 19.2 Å². The van der Waals surface area contributed by atoms with E-state index in [9.17, 15) is 0 Å². The third-order valence-corrected chi connectivity index (χ3v) is 5.16. The molecule has 7 heteroatoms. The molecule has 2 aliphatic rings. The molecule has 0 spiro atoms. The lowest BCUT2D eigenvalue weighted by molar-refractivity contribution is -0.0587. The SMILES string of the molecule is COc1ccc2c(c1)C1(c3ccccn3)OCCN1Cc1nnc(C)n1-2. The summed E-state index contributed by atoms with van der Waals surface area (Å²) in [6.07, 6.45) is 1.81. The van der Waals surface area contributed by atoms with Crippen LogP contribution in [0.25, 0.3) is 5.69 Å². The molecule has 4 heterocycles. The molecule has 0 amide bonds. The van der Waals surface area contributed by atoms with Gasteiger partial charge in [-0.15, -0.1) is 10.2 Å². The van der Waals surface area contributed by atoms with Gasteiger partial charge in [0.2, 0.25) is 0 Å². The zero-order valence-corrected chi connectivity index (χ0v) is 14.7. The summed E-state index contributed by atoms with van der Waals surface area (Å²) in [6, 6.07) is 12.0. The lowest BCUT2D eigenvalue weighted by atomic mass is 9.95. The average Bonchev–Trinajstić information content (AvgIpc) is 3.24. The average molecular weight is 349 g/mol. The fraction of sp³-hybridized carbons (Fsp3) is 0.316. The van der Waals surface area contributed by atoms with E-state index in [1.54, 1.807) is 13.3 Å². The Kier molecular flexibility index (Phi) is 3.35. The van der Waals surface area contributed by atoms with Crippen molar-refractivity contribution in [3.05, 3.63) is 65.5 Å². The quantitative estimate of drug-likeness (QED) is 0.705. The van der Waals surface area contributed by atoms with Crippen LogP contribution in [0.1, 0.15) is 22.9 Å². The maximum Gasteiger partial charge on any atom is 0.193 e. The summed E-state index contributed by atoms with van der Waals surface area (Å²) in [5.41, 5.74) is 2.09. The van der Waals surface area contributed by atoms with E-state index in [1.807, 2.05) is 43.3 Å². The summed E-state index contributed by atoms with van der Waals surface area (Å²) in [4.78, 5) is 6.93. The van der Waals surface area contributed by atoms with Crippen molar-refractivity contribution < 1.29 is 9.47 Å². The second kappa shape index (κ2) is 5.62. The van der Waals surface area contributed by atoms with E-state index in [-0.39, 0.29) is 0 Å². The predicted octanol–water partition coefficient (Wildman–Crippen LogP) is 2.03. The van der Waals surface area contributed by atoms with Crippen LogP contribution < -0.4 is 4.74 Å². The van der Waals surface area contributed by atoms with Gasteiger partial charge in [0.05, 0.1) is 31.6 Å². The maximum absolute atomic E-state index is 6.42. The van der Waals surface area contributed by atoms with Gasteiger partial charge in [-0.2, -0.15) is 0 Å². The fourth-order valence-corrected chi connectivity index (χ4v) is 4.03. The maximum atomic E-state index is 6.42. The van der Waals surface area contributed by atoms with Crippen molar-refractivity contribution in [2.75, 3.05) is 20.3 Å². The predicted molar refractivity (Wildman–Crippen MR) is 94.0 cm³/mol. The summed E-state index contributed by atoms with van der Waals surface area (Å²) in [5.74, 6) is 2.53. The number of benzene rings is 1. The third kappa shape index (κ3) is 1.98. The normalized spacial score (nSPS) is 21.6. The van der Waals surface area contributed by atoms with Crippen LogP contribution in [-0.4, -0.2) is 44.9 Å². The number of aryl methyl sites for hydroxylation is 1. The molecule has 1 saturated heterocycles. The molecule has 0 N–H and O–H groups in total. The van der Waals surface area contributed by atoms with Crippen LogP contribution in [-0.2, 0) is 17.0 Å². The van der Waals surface area contributed by atoms with Crippen molar-refractivity contribution in [1.29, 1.82) is 0 Å². The second-order valence-electron chi connectivity index (χ2n) is 6.51. The zero-order chi connectivity index (χ0) is 17.7. The molecule has 5 rings (SSSR count). The Morgan fingerprint density at radius 1 is 1.19 bits per heavy atom. The van der Waals surface area contributed by atoms with Crippen LogP contribution in [0.5, 0.6) is 5.75 Å². The van der Waals surface area contributed by atoms with Crippen molar-refractivity contribution in [3.8, 4) is 11.4 Å². The Hall–Kier alpha value is -2.77. The van der Waals surface area contributed by atoms with E-state index in [2.05, 4.69) is 24.6 Å². The Balaban J connectivity index is 1.86. The van der Waals surface area contributed by atoms with Crippen LogP contribution >= 0.6 is 0 Å². The van der Waals surface area contributed by atoms with Gasteiger partial charge in [-0.25, -0.2) is 0 Å². The summed E-state index contributed by atoms with van der Waals surface area (Å²) in [7, 11) is 1.68. The van der Waals surface area contributed by atoms with Gasteiger partial charge in [-0.05, 0) is 37.3 Å². The molecule has 2 aromatic heterocycles. The number of hydrogen-bond donors (Lipinski definition) is 0. The first-order chi connectivity index (χ1) is 12.7. The highest BCUT2D eigenvalue weighted by Gasteiger charge is 2.50. The van der Waals surface area contributed by atoms with Gasteiger partial charge in [-0.3, -0.25) is 14.5 Å². The lowest BCUT2D eigenvalue weighted by Crippen LogP contribution is -2.43. The number of aromatic nitrogens is 4. The molecule has 26 heavy (non-hydrogen) atoms. The van der Waals surface area contributed by atoms with Crippen LogP contribution in [0.2, 0.25) is 0 Å². The molecule has 1 atom stereocenters. The Labute approximate surface area is 151 Å². The minimum absolute atomic E-state index is 0.625. The standard InChI is InChI=1S/C19H19N5O2/c1-13-21-22-18-12-23-9-10-26-19(23,17-5-3-4-8-20-17)15-11-14(25-2)6-7-16(15)24(13)18/h3-8,11H,9-10,12H2,1-2H3. The molecular weight excluding hydrogens is 330 g/mol. The zero-order valence-electron chi connectivity index (χ0n) is 14.7. The molecule has 0 aliphatic carbocycles. The highest BCUT2D eigenvalue weighted by atomic mass is 16.5. The van der Waals surface area contributed by atoms with E-state index < -0.39 is 5.72 Å². The largest absolute Gasteiger partial charge is 0.497 e. The van der Waals surface area contributed by atoms with Gasteiger partial charge in [0.15, 0.2) is 11.5 Å². The van der Waals surface area contributed by atoms with E-state index in [4.69, 9.17) is 9.47 Å². The van der Waals surface area contributed by atoms with E-state index >= 15 is 0 Å². The first-order valence-electron chi connectivity index (χ1n) is 8.64. The molecule has 7 nitrogen and oxygen atoms in total. The highest BCUT2D eigenvalue weighted by molar-refractivity contribution is 5.54. The van der Waals surface area contributed by atoms with Crippen molar-refractivity contribution >= 4 is 0 Å². The molecule has 1 unspecified atom stereocenters. The third-order valence-electron chi connectivity index (χ3n) is 5.16.